The molecule has 0 heterocycles. The third kappa shape index (κ3) is 11.7. The summed E-state index contributed by atoms with van der Waals surface area (Å²) in [6.07, 6.45) is 1.40. The van der Waals surface area contributed by atoms with Crippen LogP contribution in [0.4, 0.5) is 0 Å². The van der Waals surface area contributed by atoms with Gasteiger partial charge in [0.15, 0.2) is 0 Å². The molecule has 0 saturated carbocycles. The maximum absolute atomic E-state index is 11.5. The van der Waals surface area contributed by atoms with Crippen LogP contribution >= 0.6 is 0 Å². The Labute approximate surface area is 99.9 Å². The van der Waals surface area contributed by atoms with Crippen LogP contribution in [0.1, 0.15) is 54.4 Å². The van der Waals surface area contributed by atoms with Crippen molar-refractivity contribution in [3.63, 3.8) is 0 Å². The Morgan fingerprint density at radius 2 is 1.69 bits per heavy atom. The molecule has 0 aliphatic heterocycles. The molecule has 0 spiro atoms. The Balaban J connectivity index is 3.52. The first kappa shape index (κ1) is 15.6. The Bertz CT molecular complexity index is 211. The summed E-state index contributed by atoms with van der Waals surface area (Å²) in [7, 11) is 0. The van der Waals surface area contributed by atoms with Crippen molar-refractivity contribution in [1.29, 1.82) is 0 Å². The van der Waals surface area contributed by atoms with Gasteiger partial charge in [0.2, 0.25) is 0 Å². The lowest BCUT2D eigenvalue weighted by Crippen LogP contribution is -2.39. The summed E-state index contributed by atoms with van der Waals surface area (Å²) in [5, 5.41) is 3.19. The highest BCUT2D eigenvalue weighted by Crippen LogP contribution is 2.07. The molecular weight excluding hydrogens is 202 g/mol. The van der Waals surface area contributed by atoms with E-state index >= 15 is 0 Å². The molecule has 0 fully saturated rings. The molecule has 0 aliphatic rings. The van der Waals surface area contributed by atoms with E-state index < -0.39 is 0 Å². The van der Waals surface area contributed by atoms with Gasteiger partial charge in [-0.25, -0.2) is 0 Å². The average molecular weight is 229 g/mol. The van der Waals surface area contributed by atoms with Gasteiger partial charge in [0, 0.05) is 18.6 Å². The number of Topliss-reactive ketones (excluding diaryl/α,β-unsaturated/α-hetero) is 1. The molecule has 16 heavy (non-hydrogen) atoms. The fourth-order valence-electron chi connectivity index (χ4n) is 1.10. The second-order valence-corrected chi connectivity index (χ2v) is 6.21. The number of carbonyl (C=O) groups excluding carboxylic acids is 1. The van der Waals surface area contributed by atoms with Crippen molar-refractivity contribution in [2.75, 3.05) is 13.2 Å². The minimum absolute atomic E-state index is 0.0115. The number of ketones is 1. The van der Waals surface area contributed by atoms with Gasteiger partial charge in [-0.15, -0.1) is 0 Å². The minimum atomic E-state index is -0.104. The van der Waals surface area contributed by atoms with Crippen LogP contribution in [0.15, 0.2) is 0 Å². The average Bonchev–Trinajstić information content (AvgIpc) is 2.06. The smallest absolute Gasteiger partial charge is 0.146 e. The zero-order valence-corrected chi connectivity index (χ0v) is 11.6. The van der Waals surface area contributed by atoms with E-state index in [2.05, 4.69) is 26.1 Å². The van der Waals surface area contributed by atoms with Crippen LogP contribution in [-0.2, 0) is 9.53 Å². The predicted molar refractivity (Wildman–Crippen MR) is 67.7 cm³/mol. The molecule has 3 heteroatoms. The number of nitrogens with one attached hydrogen (secondary N) is 1. The highest BCUT2D eigenvalue weighted by molar-refractivity contribution is 5.80. The van der Waals surface area contributed by atoms with Gasteiger partial charge in [-0.2, -0.15) is 0 Å². The van der Waals surface area contributed by atoms with Gasteiger partial charge in [0.1, 0.15) is 5.78 Å². The molecule has 96 valence electrons. The van der Waals surface area contributed by atoms with Crippen molar-refractivity contribution in [3.05, 3.63) is 0 Å². The zero-order valence-electron chi connectivity index (χ0n) is 11.6. The van der Waals surface area contributed by atoms with Crippen LogP contribution in [0.2, 0.25) is 0 Å². The largest absolute Gasteiger partial charge is 0.376 e. The Hall–Kier alpha value is -0.410. The first-order chi connectivity index (χ1) is 7.10. The van der Waals surface area contributed by atoms with E-state index in [4.69, 9.17) is 4.74 Å². The van der Waals surface area contributed by atoms with E-state index in [1.807, 2.05) is 20.8 Å². The molecule has 1 N–H and O–H groups in total. The number of ether oxygens (including phenoxy) is 1. The summed E-state index contributed by atoms with van der Waals surface area (Å²) < 4.78 is 5.55. The van der Waals surface area contributed by atoms with E-state index in [0.717, 1.165) is 6.42 Å². The molecule has 0 bridgehead atoms. The maximum Gasteiger partial charge on any atom is 0.146 e. The van der Waals surface area contributed by atoms with E-state index in [1.165, 1.54) is 0 Å². The Kier molecular flexibility index (Phi) is 6.19. The molecule has 0 amide bonds. The fraction of sp³-hybridized carbons (Fsp3) is 0.923. The molecule has 0 aromatic heterocycles. The molecule has 0 saturated heterocycles. The summed E-state index contributed by atoms with van der Waals surface area (Å²) in [6, 6.07) is 0. The van der Waals surface area contributed by atoms with E-state index in [1.54, 1.807) is 0 Å². The lowest BCUT2D eigenvalue weighted by atomic mass is 10.1. The summed E-state index contributed by atoms with van der Waals surface area (Å²) in [5.41, 5.74) is -0.0930. The van der Waals surface area contributed by atoms with Gasteiger partial charge in [0.25, 0.3) is 0 Å². The van der Waals surface area contributed by atoms with E-state index in [9.17, 15) is 4.79 Å². The number of carbonyl (C=O) groups is 1. The van der Waals surface area contributed by atoms with Crippen molar-refractivity contribution in [2.24, 2.45) is 0 Å². The SMILES string of the molecule is CC(C)(C)NCC(=O)CCCOC(C)(C)C. The second kappa shape index (κ2) is 6.36. The molecular formula is C13H27NO2. The number of hydrogen-bond acceptors (Lipinski definition) is 3. The van der Waals surface area contributed by atoms with Gasteiger partial charge in [-0.05, 0) is 48.0 Å². The third-order valence-corrected chi connectivity index (χ3v) is 1.95. The highest BCUT2D eigenvalue weighted by Gasteiger charge is 2.12. The lowest BCUT2D eigenvalue weighted by molar-refractivity contribution is -0.119. The van der Waals surface area contributed by atoms with Crippen LogP contribution in [0.3, 0.4) is 0 Å². The third-order valence-electron chi connectivity index (χ3n) is 1.95. The van der Waals surface area contributed by atoms with Crippen LogP contribution in [0.25, 0.3) is 0 Å². The first-order valence-corrected chi connectivity index (χ1v) is 6.01. The normalized spacial score (nSPS) is 12.9. The number of rotatable bonds is 6. The van der Waals surface area contributed by atoms with Crippen molar-refractivity contribution in [1.82, 2.24) is 5.32 Å². The summed E-state index contributed by atoms with van der Waals surface area (Å²) in [4.78, 5) is 11.5. The predicted octanol–water partition coefficient (Wildman–Crippen LogP) is 2.54. The second-order valence-electron chi connectivity index (χ2n) is 6.21. The van der Waals surface area contributed by atoms with Gasteiger partial charge < -0.3 is 10.1 Å². The molecule has 0 aromatic rings. The van der Waals surface area contributed by atoms with E-state index in [-0.39, 0.29) is 16.9 Å². The summed E-state index contributed by atoms with van der Waals surface area (Å²) in [6.45, 7) is 13.4. The molecule has 0 aromatic carbocycles. The summed E-state index contributed by atoms with van der Waals surface area (Å²) in [5.74, 6) is 0.257. The Morgan fingerprint density at radius 1 is 1.12 bits per heavy atom. The van der Waals surface area contributed by atoms with Crippen molar-refractivity contribution in [2.45, 2.75) is 65.5 Å². The number of hydrogen-bond donors (Lipinski definition) is 1. The van der Waals surface area contributed by atoms with Crippen LogP contribution in [-0.4, -0.2) is 30.1 Å². The van der Waals surface area contributed by atoms with Gasteiger partial charge in [0.05, 0.1) is 12.1 Å². The minimum Gasteiger partial charge on any atom is -0.376 e. The lowest BCUT2D eigenvalue weighted by Gasteiger charge is -2.20. The molecule has 0 unspecified atom stereocenters. The topological polar surface area (TPSA) is 38.3 Å². The fourth-order valence-corrected chi connectivity index (χ4v) is 1.10. The van der Waals surface area contributed by atoms with Gasteiger partial charge >= 0.3 is 0 Å². The monoisotopic (exact) mass is 229 g/mol. The van der Waals surface area contributed by atoms with Crippen molar-refractivity contribution in [3.8, 4) is 0 Å². The van der Waals surface area contributed by atoms with Crippen LogP contribution in [0, 0.1) is 0 Å². The van der Waals surface area contributed by atoms with Gasteiger partial charge in [-0.3, -0.25) is 4.79 Å². The maximum atomic E-state index is 11.5. The van der Waals surface area contributed by atoms with E-state index in [0.29, 0.717) is 19.6 Å². The van der Waals surface area contributed by atoms with Crippen molar-refractivity contribution >= 4 is 5.78 Å². The van der Waals surface area contributed by atoms with Crippen molar-refractivity contribution < 1.29 is 9.53 Å². The standard InChI is InChI=1S/C13H27NO2/c1-12(2,3)14-10-11(15)8-7-9-16-13(4,5)6/h14H,7-10H2,1-6H3. The highest BCUT2D eigenvalue weighted by atomic mass is 16.5. The summed E-state index contributed by atoms with van der Waals surface area (Å²) >= 11 is 0. The molecule has 0 aliphatic carbocycles. The molecule has 0 rings (SSSR count). The molecule has 3 nitrogen and oxygen atoms in total. The zero-order chi connectivity index (χ0) is 12.8. The molecule has 0 atom stereocenters. The van der Waals surface area contributed by atoms with Gasteiger partial charge in [-0.1, -0.05) is 0 Å². The Morgan fingerprint density at radius 3 is 2.12 bits per heavy atom. The molecule has 0 radical (unpaired) electrons. The first-order valence-electron chi connectivity index (χ1n) is 6.01. The quantitative estimate of drug-likeness (QED) is 0.711. The van der Waals surface area contributed by atoms with Crippen LogP contribution < -0.4 is 5.32 Å². The van der Waals surface area contributed by atoms with Crippen LogP contribution in [0.5, 0.6) is 0 Å².